The number of carbonyl (C=O) groups excluding carboxylic acids is 1. The molecule has 3 nitrogen and oxygen atoms in total. The van der Waals surface area contributed by atoms with Gasteiger partial charge in [-0.15, -0.1) is 11.8 Å². The fourth-order valence-electron chi connectivity index (χ4n) is 2.10. The average molecular weight is 361 g/mol. The Hall–Kier alpha value is -1.78. The Morgan fingerprint density at radius 1 is 1.12 bits per heavy atom. The molecule has 0 radical (unpaired) electrons. The Balaban J connectivity index is 1.66. The summed E-state index contributed by atoms with van der Waals surface area (Å²) in [4.78, 5) is 11.8. The minimum absolute atomic E-state index is 0.0823. The van der Waals surface area contributed by atoms with Crippen LogP contribution in [0.4, 0.5) is 0 Å². The summed E-state index contributed by atoms with van der Waals surface area (Å²) in [5.41, 5.74) is 5.93. The van der Waals surface area contributed by atoms with Crippen LogP contribution in [0.25, 0.3) is 0 Å². The minimum Gasteiger partial charge on any atom is -0.272 e. The molecule has 126 valence electrons. The van der Waals surface area contributed by atoms with E-state index >= 15 is 0 Å². The summed E-state index contributed by atoms with van der Waals surface area (Å²) in [5.74, 6) is 1.05. The van der Waals surface area contributed by atoms with Crippen LogP contribution < -0.4 is 5.43 Å². The van der Waals surface area contributed by atoms with Crippen molar-refractivity contribution in [3.05, 3.63) is 70.7 Å². The van der Waals surface area contributed by atoms with Crippen molar-refractivity contribution in [3.8, 4) is 0 Å². The van der Waals surface area contributed by atoms with E-state index in [9.17, 15) is 4.79 Å². The van der Waals surface area contributed by atoms with E-state index in [2.05, 4.69) is 22.7 Å². The highest BCUT2D eigenvalue weighted by Crippen LogP contribution is 2.16. The highest BCUT2D eigenvalue weighted by Gasteiger charge is 2.02. The smallest absolute Gasteiger partial charge is 0.250 e. The summed E-state index contributed by atoms with van der Waals surface area (Å²) in [6.07, 6.45) is 1.76. The summed E-state index contributed by atoms with van der Waals surface area (Å²) >= 11 is 7.48. The third kappa shape index (κ3) is 7.20. The molecule has 0 unspecified atom stereocenters. The number of hydrogen-bond donors (Lipinski definition) is 1. The number of carbonyl (C=O) groups is 1. The van der Waals surface area contributed by atoms with Crippen molar-refractivity contribution >= 4 is 35.0 Å². The zero-order valence-electron chi connectivity index (χ0n) is 13.7. The van der Waals surface area contributed by atoms with E-state index in [4.69, 9.17) is 11.6 Å². The molecule has 0 heterocycles. The fraction of sp³-hybridized carbons (Fsp3) is 0.263. The number of rotatable bonds is 8. The van der Waals surface area contributed by atoms with Crippen LogP contribution in [-0.2, 0) is 17.0 Å². The fourth-order valence-corrected chi connectivity index (χ4v) is 3.08. The van der Waals surface area contributed by atoms with Gasteiger partial charge in [0.1, 0.15) is 0 Å². The topological polar surface area (TPSA) is 41.5 Å². The van der Waals surface area contributed by atoms with E-state index in [1.165, 1.54) is 5.56 Å². The maximum Gasteiger partial charge on any atom is 0.250 e. The second-order valence-corrected chi connectivity index (χ2v) is 6.91. The highest BCUT2D eigenvalue weighted by atomic mass is 35.5. The molecule has 0 bridgehead atoms. The van der Waals surface area contributed by atoms with Crippen LogP contribution in [0.15, 0.2) is 59.7 Å². The summed E-state index contributed by atoms with van der Waals surface area (Å²) in [7, 11) is 0. The van der Waals surface area contributed by atoms with Crippen LogP contribution in [0.5, 0.6) is 0 Å². The SMILES string of the molecule is C/C(CCc1ccccc1)=N/NC(=O)CSCc1cccc(Cl)c1. The molecule has 1 N–H and O–H groups in total. The van der Waals surface area contributed by atoms with Gasteiger partial charge in [0.15, 0.2) is 0 Å². The van der Waals surface area contributed by atoms with Crippen LogP contribution in [0.1, 0.15) is 24.5 Å². The largest absolute Gasteiger partial charge is 0.272 e. The maximum atomic E-state index is 11.8. The van der Waals surface area contributed by atoms with Crippen molar-refractivity contribution in [3.63, 3.8) is 0 Å². The lowest BCUT2D eigenvalue weighted by molar-refractivity contribution is -0.118. The molecule has 2 aromatic carbocycles. The molecule has 0 aliphatic carbocycles. The Morgan fingerprint density at radius 2 is 1.88 bits per heavy atom. The van der Waals surface area contributed by atoms with Gasteiger partial charge in [0, 0.05) is 16.5 Å². The van der Waals surface area contributed by atoms with Gasteiger partial charge < -0.3 is 0 Å². The molecule has 1 amide bonds. The lowest BCUT2D eigenvalue weighted by atomic mass is 10.1. The van der Waals surface area contributed by atoms with Crippen molar-refractivity contribution in [1.82, 2.24) is 5.43 Å². The molecule has 0 atom stereocenters. The van der Waals surface area contributed by atoms with E-state index in [0.29, 0.717) is 5.75 Å². The minimum atomic E-state index is -0.0823. The molecular formula is C19H21ClN2OS. The molecule has 0 spiro atoms. The van der Waals surface area contributed by atoms with E-state index in [-0.39, 0.29) is 5.91 Å². The molecule has 0 aromatic heterocycles. The second kappa shape index (κ2) is 10.2. The first-order valence-electron chi connectivity index (χ1n) is 7.81. The van der Waals surface area contributed by atoms with Gasteiger partial charge >= 0.3 is 0 Å². The first-order chi connectivity index (χ1) is 11.6. The lowest BCUT2D eigenvalue weighted by Gasteiger charge is -2.04. The summed E-state index contributed by atoms with van der Waals surface area (Å²) in [6, 6.07) is 17.9. The highest BCUT2D eigenvalue weighted by molar-refractivity contribution is 7.99. The molecule has 0 fully saturated rings. The summed E-state index contributed by atoms with van der Waals surface area (Å²) in [5, 5.41) is 4.88. The van der Waals surface area contributed by atoms with Gasteiger partial charge in [0.2, 0.25) is 5.91 Å². The molecule has 0 saturated carbocycles. The second-order valence-electron chi connectivity index (χ2n) is 5.49. The number of halogens is 1. The van der Waals surface area contributed by atoms with Crippen LogP contribution in [0.3, 0.4) is 0 Å². The summed E-state index contributed by atoms with van der Waals surface area (Å²) in [6.45, 7) is 1.93. The van der Waals surface area contributed by atoms with Crippen molar-refractivity contribution in [2.45, 2.75) is 25.5 Å². The standard InChI is InChI=1S/C19H21ClN2OS/c1-15(10-11-16-6-3-2-4-7-16)21-22-19(23)14-24-13-17-8-5-9-18(20)12-17/h2-9,12H,10-11,13-14H2,1H3,(H,22,23)/b21-15-. The van der Waals surface area contributed by atoms with E-state index in [1.54, 1.807) is 11.8 Å². The predicted molar refractivity (Wildman–Crippen MR) is 104 cm³/mol. The Kier molecular flexibility index (Phi) is 7.86. The van der Waals surface area contributed by atoms with Gasteiger partial charge in [0.25, 0.3) is 0 Å². The average Bonchev–Trinajstić information content (AvgIpc) is 2.59. The van der Waals surface area contributed by atoms with Crippen LogP contribution in [0.2, 0.25) is 5.02 Å². The van der Waals surface area contributed by atoms with Gasteiger partial charge in [0.05, 0.1) is 5.75 Å². The molecule has 0 aliphatic rings. The first kappa shape index (κ1) is 18.6. The third-order valence-corrected chi connectivity index (χ3v) is 4.62. The number of hydrazone groups is 1. The molecule has 2 aromatic rings. The predicted octanol–water partition coefficient (Wildman–Crippen LogP) is 4.70. The number of amides is 1. The first-order valence-corrected chi connectivity index (χ1v) is 9.35. The zero-order chi connectivity index (χ0) is 17.2. The number of nitrogens with zero attached hydrogens (tertiary/aromatic N) is 1. The van der Waals surface area contributed by atoms with E-state index in [0.717, 1.165) is 34.9 Å². The number of thioether (sulfide) groups is 1. The van der Waals surface area contributed by atoms with E-state index < -0.39 is 0 Å². The zero-order valence-corrected chi connectivity index (χ0v) is 15.2. The maximum absolute atomic E-state index is 11.8. The van der Waals surface area contributed by atoms with Crippen LogP contribution in [-0.4, -0.2) is 17.4 Å². The normalized spacial score (nSPS) is 11.3. The van der Waals surface area contributed by atoms with Gasteiger partial charge in [-0.25, -0.2) is 5.43 Å². The molecular weight excluding hydrogens is 340 g/mol. The molecule has 0 saturated heterocycles. The number of nitrogens with one attached hydrogen (secondary N) is 1. The van der Waals surface area contributed by atoms with Crippen LogP contribution in [0, 0.1) is 0 Å². The quantitative estimate of drug-likeness (QED) is 0.547. The monoisotopic (exact) mass is 360 g/mol. The van der Waals surface area contributed by atoms with Crippen LogP contribution >= 0.6 is 23.4 Å². The third-order valence-electron chi connectivity index (χ3n) is 3.38. The molecule has 0 aliphatic heterocycles. The molecule has 5 heteroatoms. The Morgan fingerprint density at radius 3 is 2.62 bits per heavy atom. The Bertz CT molecular complexity index is 689. The van der Waals surface area contributed by atoms with Crippen molar-refractivity contribution in [2.24, 2.45) is 5.10 Å². The van der Waals surface area contributed by atoms with Crippen molar-refractivity contribution in [1.29, 1.82) is 0 Å². The molecule has 2 rings (SSSR count). The number of aryl methyl sites for hydroxylation is 1. The summed E-state index contributed by atoms with van der Waals surface area (Å²) < 4.78 is 0. The number of benzene rings is 2. The lowest BCUT2D eigenvalue weighted by Crippen LogP contribution is -2.21. The Labute approximate surface area is 152 Å². The van der Waals surface area contributed by atoms with Gasteiger partial charge in [-0.05, 0) is 43.0 Å². The van der Waals surface area contributed by atoms with Gasteiger partial charge in [-0.3, -0.25) is 4.79 Å². The number of hydrogen-bond acceptors (Lipinski definition) is 3. The van der Waals surface area contributed by atoms with Gasteiger partial charge in [-0.1, -0.05) is 54.1 Å². The van der Waals surface area contributed by atoms with E-state index in [1.807, 2.05) is 49.4 Å². The van der Waals surface area contributed by atoms with Gasteiger partial charge in [-0.2, -0.15) is 5.10 Å². The van der Waals surface area contributed by atoms with Crippen molar-refractivity contribution < 1.29 is 4.79 Å². The molecule has 24 heavy (non-hydrogen) atoms. The van der Waals surface area contributed by atoms with Crippen molar-refractivity contribution in [2.75, 3.05) is 5.75 Å².